The van der Waals surface area contributed by atoms with E-state index in [1.165, 1.54) is 11.3 Å². The standard InChI is InChI=1S/C22H25N3O3S/c1-3-4-8-16-9-7-10-17(13-16)21(26)28-20-14-24(2)15-25(20,27)22-23-18-11-5-6-12-19(18)29-22/h5-7,9-13,20H,3-4,8,14-15H2,1-2H3. The normalized spacial score (nSPS) is 22.2. The van der Waals surface area contributed by atoms with E-state index in [0.29, 0.717) is 17.2 Å². The van der Waals surface area contributed by atoms with Crippen LogP contribution in [0.2, 0.25) is 0 Å². The fourth-order valence-corrected chi connectivity index (χ4v) is 4.70. The molecule has 0 amide bonds. The van der Waals surface area contributed by atoms with E-state index in [9.17, 15) is 10.0 Å². The van der Waals surface area contributed by atoms with Crippen LogP contribution >= 0.6 is 11.3 Å². The molecule has 0 spiro atoms. The van der Waals surface area contributed by atoms with E-state index >= 15 is 0 Å². The van der Waals surface area contributed by atoms with Gasteiger partial charge in [0, 0.05) is 0 Å². The van der Waals surface area contributed by atoms with Gasteiger partial charge in [-0.2, -0.15) is 4.98 Å². The van der Waals surface area contributed by atoms with Crippen molar-refractivity contribution in [1.29, 1.82) is 0 Å². The summed E-state index contributed by atoms with van der Waals surface area (Å²) < 4.78 is 5.93. The van der Waals surface area contributed by atoms with Gasteiger partial charge in [-0.25, -0.2) is 9.69 Å². The summed E-state index contributed by atoms with van der Waals surface area (Å²) in [6.07, 6.45) is 2.26. The molecule has 2 atom stereocenters. The zero-order valence-electron chi connectivity index (χ0n) is 16.7. The average molecular weight is 412 g/mol. The molecule has 1 aliphatic rings. The predicted octanol–water partition coefficient (Wildman–Crippen LogP) is 4.53. The number of hydrogen-bond donors (Lipinski definition) is 0. The quantitative estimate of drug-likeness (QED) is 0.339. The summed E-state index contributed by atoms with van der Waals surface area (Å²) in [4.78, 5) is 19.2. The van der Waals surface area contributed by atoms with Crippen LogP contribution in [0.1, 0.15) is 35.7 Å². The van der Waals surface area contributed by atoms with Gasteiger partial charge in [-0.15, -0.1) is 0 Å². The minimum absolute atomic E-state index is 0.203. The zero-order chi connectivity index (χ0) is 20.4. The number of ether oxygens (including phenoxy) is 1. The van der Waals surface area contributed by atoms with Gasteiger partial charge in [-0.3, -0.25) is 4.65 Å². The highest BCUT2D eigenvalue weighted by Crippen LogP contribution is 2.37. The molecule has 152 valence electrons. The molecule has 0 radical (unpaired) electrons. The largest absolute Gasteiger partial charge is 0.622 e. The third-order valence-corrected chi connectivity index (χ3v) is 6.36. The first-order chi connectivity index (χ1) is 14.0. The summed E-state index contributed by atoms with van der Waals surface area (Å²) in [5, 5.41) is 14.2. The monoisotopic (exact) mass is 411 g/mol. The first-order valence-electron chi connectivity index (χ1n) is 9.93. The van der Waals surface area contributed by atoms with Crippen LogP contribution in [0, 0.1) is 5.21 Å². The molecule has 1 aromatic heterocycles. The molecular formula is C22H25N3O3S. The van der Waals surface area contributed by atoms with Gasteiger partial charge in [0.15, 0.2) is 0 Å². The van der Waals surface area contributed by atoms with Gasteiger partial charge in [0.05, 0.1) is 22.3 Å². The summed E-state index contributed by atoms with van der Waals surface area (Å²) in [5.74, 6) is -0.455. The molecule has 2 heterocycles. The van der Waals surface area contributed by atoms with Crippen LogP contribution in [0.5, 0.6) is 0 Å². The Labute approximate surface area is 174 Å². The highest BCUT2D eigenvalue weighted by molar-refractivity contribution is 7.22. The lowest BCUT2D eigenvalue weighted by atomic mass is 10.1. The number of unbranched alkanes of at least 4 members (excludes halogenated alkanes) is 1. The Balaban J connectivity index is 1.57. The minimum atomic E-state index is -0.840. The maximum atomic E-state index is 13.8. The Morgan fingerprint density at radius 3 is 2.93 bits per heavy atom. The van der Waals surface area contributed by atoms with Crippen molar-refractivity contribution in [2.75, 3.05) is 20.3 Å². The fraction of sp³-hybridized carbons (Fsp3) is 0.364. The van der Waals surface area contributed by atoms with Crippen molar-refractivity contribution in [3.8, 4) is 0 Å². The van der Waals surface area contributed by atoms with Gasteiger partial charge in [-0.05, 0) is 49.7 Å². The molecule has 3 aromatic rings. The molecular weight excluding hydrogens is 386 g/mol. The Kier molecular flexibility index (Phi) is 5.65. The fourth-order valence-electron chi connectivity index (χ4n) is 3.66. The molecule has 0 saturated carbocycles. The number of quaternary nitrogens is 1. The van der Waals surface area contributed by atoms with Gasteiger partial charge in [0.1, 0.15) is 6.67 Å². The van der Waals surface area contributed by atoms with Crippen LogP contribution in [0.25, 0.3) is 10.2 Å². The Morgan fingerprint density at radius 2 is 2.14 bits per heavy atom. The van der Waals surface area contributed by atoms with Crippen LogP contribution in [0.15, 0.2) is 48.5 Å². The molecule has 2 unspecified atom stereocenters. The lowest BCUT2D eigenvalue weighted by Gasteiger charge is -2.38. The summed E-state index contributed by atoms with van der Waals surface area (Å²) in [5.41, 5.74) is 2.40. The lowest BCUT2D eigenvalue weighted by molar-refractivity contribution is 0.00572. The van der Waals surface area contributed by atoms with E-state index in [4.69, 9.17) is 4.74 Å². The maximum Gasteiger partial charge on any atom is 0.342 e. The second-order valence-corrected chi connectivity index (χ2v) is 8.61. The van der Waals surface area contributed by atoms with Gasteiger partial charge >= 0.3 is 5.97 Å². The highest BCUT2D eigenvalue weighted by atomic mass is 32.1. The maximum absolute atomic E-state index is 13.8. The first-order valence-corrected chi connectivity index (χ1v) is 10.7. The number of carbonyl (C=O) groups excluding carboxylic acids is 1. The summed E-state index contributed by atoms with van der Waals surface area (Å²) in [6, 6.07) is 15.2. The van der Waals surface area contributed by atoms with Gasteiger partial charge in [0.2, 0.25) is 0 Å². The van der Waals surface area contributed by atoms with E-state index in [1.807, 2.05) is 54.4 Å². The van der Waals surface area contributed by atoms with Crippen LogP contribution < -0.4 is 4.65 Å². The number of thiazole rings is 1. The minimum Gasteiger partial charge on any atom is -0.622 e. The Bertz CT molecular complexity index is 988. The number of nitrogens with zero attached hydrogens (tertiary/aromatic N) is 3. The molecule has 1 saturated heterocycles. The van der Waals surface area contributed by atoms with Crippen LogP contribution in [-0.2, 0) is 11.2 Å². The van der Waals surface area contributed by atoms with E-state index in [-0.39, 0.29) is 6.67 Å². The second-order valence-electron chi connectivity index (χ2n) is 7.60. The number of fused-ring (bicyclic) bond motifs is 1. The van der Waals surface area contributed by atoms with E-state index in [2.05, 4.69) is 11.9 Å². The molecule has 7 heteroatoms. The molecule has 6 nitrogen and oxygen atoms in total. The van der Waals surface area contributed by atoms with E-state index < -0.39 is 16.8 Å². The number of benzene rings is 2. The number of aryl methyl sites for hydroxylation is 1. The summed E-state index contributed by atoms with van der Waals surface area (Å²) >= 11 is 1.36. The molecule has 0 bridgehead atoms. The average Bonchev–Trinajstić information content (AvgIpc) is 3.28. The third-order valence-electron chi connectivity index (χ3n) is 5.22. The number of hydrogen-bond acceptors (Lipinski definition) is 6. The van der Waals surface area contributed by atoms with Crippen molar-refractivity contribution in [3.63, 3.8) is 0 Å². The Morgan fingerprint density at radius 1 is 1.31 bits per heavy atom. The molecule has 29 heavy (non-hydrogen) atoms. The molecule has 0 aliphatic carbocycles. The van der Waals surface area contributed by atoms with Gasteiger partial charge in [0.25, 0.3) is 11.4 Å². The number of rotatable bonds is 6. The number of para-hydroxylation sites is 1. The predicted molar refractivity (Wildman–Crippen MR) is 117 cm³/mol. The van der Waals surface area contributed by atoms with Crippen molar-refractivity contribution >= 4 is 32.7 Å². The number of carbonyl (C=O) groups is 1. The molecule has 4 rings (SSSR count). The van der Waals surface area contributed by atoms with Crippen LogP contribution in [-0.4, -0.2) is 42.3 Å². The topological polar surface area (TPSA) is 65.5 Å². The van der Waals surface area contributed by atoms with Gasteiger partial charge < -0.3 is 9.94 Å². The molecule has 1 fully saturated rings. The van der Waals surface area contributed by atoms with Crippen molar-refractivity contribution < 1.29 is 9.53 Å². The van der Waals surface area contributed by atoms with Crippen molar-refractivity contribution in [2.24, 2.45) is 0 Å². The van der Waals surface area contributed by atoms with Gasteiger partial charge in [-0.1, -0.05) is 48.9 Å². The Hall–Kier alpha value is -2.32. The lowest BCUT2D eigenvalue weighted by Crippen LogP contribution is -2.50. The number of likely N-dealkylation sites (N-methyl/N-ethyl adjacent to an activating group) is 1. The molecule has 2 aromatic carbocycles. The number of aromatic nitrogens is 1. The van der Waals surface area contributed by atoms with Crippen molar-refractivity contribution in [1.82, 2.24) is 14.5 Å². The third kappa shape index (κ3) is 4.04. The number of hydroxylamine groups is 2. The zero-order valence-corrected chi connectivity index (χ0v) is 17.5. The van der Waals surface area contributed by atoms with Crippen molar-refractivity contribution in [2.45, 2.75) is 32.4 Å². The van der Waals surface area contributed by atoms with Crippen molar-refractivity contribution in [3.05, 3.63) is 64.9 Å². The van der Waals surface area contributed by atoms with E-state index in [0.717, 1.165) is 35.0 Å². The SMILES string of the molecule is CCCCc1cccc(C(=O)OC2CN(C)C[N+]2([O-])c2nc3ccccc3s2)c1. The van der Waals surface area contributed by atoms with Crippen LogP contribution in [0.3, 0.4) is 0 Å². The smallest absolute Gasteiger partial charge is 0.342 e. The van der Waals surface area contributed by atoms with E-state index in [1.54, 1.807) is 6.07 Å². The molecule has 0 N–H and O–H groups in total. The summed E-state index contributed by atoms with van der Waals surface area (Å²) in [6.45, 7) is 2.72. The highest BCUT2D eigenvalue weighted by Gasteiger charge is 2.45. The number of esters is 1. The van der Waals surface area contributed by atoms with Crippen LogP contribution in [0.4, 0.5) is 5.13 Å². The first kappa shape index (κ1) is 20.0. The second kappa shape index (κ2) is 8.20. The molecule has 1 aliphatic heterocycles. The summed E-state index contributed by atoms with van der Waals surface area (Å²) in [7, 11) is 1.86.